The van der Waals surface area contributed by atoms with Crippen LogP contribution in [0.2, 0.25) is 0 Å². The fourth-order valence-corrected chi connectivity index (χ4v) is 4.03. The quantitative estimate of drug-likeness (QED) is 0.554. The van der Waals surface area contributed by atoms with Crippen molar-refractivity contribution in [2.24, 2.45) is 5.92 Å². The van der Waals surface area contributed by atoms with E-state index in [9.17, 15) is 4.55 Å². The van der Waals surface area contributed by atoms with Gasteiger partial charge in [0.2, 0.25) is 0 Å². The molecule has 0 bridgehead atoms. The molecule has 7 heteroatoms. The molecule has 3 aromatic rings. The molecule has 1 unspecified atom stereocenters. The van der Waals surface area contributed by atoms with E-state index in [0.717, 1.165) is 60.1 Å². The molecule has 1 atom stereocenters. The number of hydrogen-bond acceptors (Lipinski definition) is 6. The summed E-state index contributed by atoms with van der Waals surface area (Å²) in [5, 5.41) is 3.30. The minimum Gasteiger partial charge on any atom is -0.612 e. The predicted molar refractivity (Wildman–Crippen MR) is 118 cm³/mol. The minimum absolute atomic E-state index is 0.567. The molecule has 1 fully saturated rings. The summed E-state index contributed by atoms with van der Waals surface area (Å²) in [6, 6.07) is 13.5. The second-order valence-corrected chi connectivity index (χ2v) is 8.71. The highest BCUT2D eigenvalue weighted by Gasteiger charge is 2.18. The van der Waals surface area contributed by atoms with Crippen LogP contribution in [0.4, 0.5) is 11.5 Å². The fourth-order valence-electron chi connectivity index (χ4n) is 3.52. The van der Waals surface area contributed by atoms with Gasteiger partial charge in [-0.3, -0.25) is 4.98 Å². The van der Waals surface area contributed by atoms with E-state index in [2.05, 4.69) is 21.4 Å². The van der Waals surface area contributed by atoms with E-state index >= 15 is 0 Å². The third kappa shape index (κ3) is 5.50. The van der Waals surface area contributed by atoms with Crippen molar-refractivity contribution in [3.05, 3.63) is 66.6 Å². The Balaban J connectivity index is 1.57. The van der Waals surface area contributed by atoms with Crippen molar-refractivity contribution in [3.63, 3.8) is 0 Å². The first-order chi connectivity index (χ1) is 14.7. The molecule has 156 valence electrons. The minimum atomic E-state index is -1.00. The first-order valence-electron chi connectivity index (χ1n) is 10.0. The number of anilines is 2. The average Bonchev–Trinajstić information content (AvgIpc) is 2.77. The predicted octanol–water partition coefficient (Wildman–Crippen LogP) is 4.72. The highest BCUT2D eigenvalue weighted by Crippen LogP contribution is 2.33. The Hall–Kier alpha value is -2.61. The monoisotopic (exact) mass is 423 g/mol. The number of aromatic nitrogens is 2. The second kappa shape index (κ2) is 9.93. The standard InChI is InChI=1S/C23H25N3O3S/c1-30(27)21-5-3-20(4-6-21)29-22-7-2-19(26-23-16-24-10-11-25-23)15-18(22)14-17-8-12-28-13-9-17/h2-7,10-11,15-17H,8-9,12-14H2,1H3,(H,25,26). The average molecular weight is 424 g/mol. The Morgan fingerprint density at radius 1 is 1.13 bits per heavy atom. The molecule has 0 radical (unpaired) electrons. The zero-order chi connectivity index (χ0) is 20.8. The van der Waals surface area contributed by atoms with Gasteiger partial charge in [0.25, 0.3) is 0 Å². The Morgan fingerprint density at radius 3 is 2.63 bits per heavy atom. The molecular formula is C23H25N3O3S. The largest absolute Gasteiger partial charge is 0.612 e. The molecule has 0 amide bonds. The summed E-state index contributed by atoms with van der Waals surface area (Å²) in [5.74, 6) is 2.83. The van der Waals surface area contributed by atoms with E-state index in [4.69, 9.17) is 9.47 Å². The molecule has 1 saturated heterocycles. The van der Waals surface area contributed by atoms with Crippen molar-refractivity contribution in [3.8, 4) is 11.5 Å². The van der Waals surface area contributed by atoms with Gasteiger partial charge in [-0.05, 0) is 84.4 Å². The Morgan fingerprint density at radius 2 is 1.93 bits per heavy atom. The summed E-state index contributed by atoms with van der Waals surface area (Å²) in [6.07, 6.45) is 9.71. The lowest BCUT2D eigenvalue weighted by molar-refractivity contribution is 0.0664. The van der Waals surface area contributed by atoms with E-state index in [1.165, 1.54) is 0 Å². The molecule has 0 spiro atoms. The van der Waals surface area contributed by atoms with Crippen LogP contribution in [0.1, 0.15) is 18.4 Å². The van der Waals surface area contributed by atoms with Gasteiger partial charge in [0, 0.05) is 31.3 Å². The van der Waals surface area contributed by atoms with Crippen molar-refractivity contribution >= 4 is 22.7 Å². The Kier molecular flexibility index (Phi) is 6.84. The van der Waals surface area contributed by atoms with Crippen LogP contribution in [-0.2, 0) is 22.3 Å². The Labute approximate surface area is 179 Å². The van der Waals surface area contributed by atoms with Gasteiger partial charge in [-0.2, -0.15) is 0 Å². The molecule has 2 heterocycles. The van der Waals surface area contributed by atoms with E-state index < -0.39 is 11.2 Å². The van der Waals surface area contributed by atoms with Gasteiger partial charge in [0.05, 0.1) is 6.20 Å². The van der Waals surface area contributed by atoms with Crippen molar-refractivity contribution in [1.29, 1.82) is 0 Å². The van der Waals surface area contributed by atoms with Crippen LogP contribution in [0.5, 0.6) is 11.5 Å². The zero-order valence-corrected chi connectivity index (χ0v) is 17.7. The summed E-state index contributed by atoms with van der Waals surface area (Å²) in [6.45, 7) is 1.63. The highest BCUT2D eigenvalue weighted by atomic mass is 32.2. The van der Waals surface area contributed by atoms with Crippen LogP contribution in [0.25, 0.3) is 0 Å². The molecule has 0 aliphatic carbocycles. The van der Waals surface area contributed by atoms with Gasteiger partial charge in [0.1, 0.15) is 23.6 Å². The summed E-state index contributed by atoms with van der Waals surface area (Å²) in [5.41, 5.74) is 2.08. The van der Waals surface area contributed by atoms with Crippen LogP contribution in [0.3, 0.4) is 0 Å². The molecule has 0 saturated carbocycles. The first-order valence-corrected chi connectivity index (χ1v) is 11.6. The smallest absolute Gasteiger partial charge is 0.152 e. The molecule has 4 rings (SSSR count). The summed E-state index contributed by atoms with van der Waals surface area (Å²) in [4.78, 5) is 9.18. The number of nitrogens with one attached hydrogen (secondary N) is 1. The van der Waals surface area contributed by atoms with Crippen LogP contribution < -0.4 is 10.1 Å². The first kappa shape index (κ1) is 20.7. The molecular weight excluding hydrogens is 398 g/mol. The van der Waals surface area contributed by atoms with Crippen LogP contribution >= 0.6 is 0 Å². The number of hydrogen-bond donors (Lipinski definition) is 1. The molecule has 6 nitrogen and oxygen atoms in total. The third-order valence-corrected chi connectivity index (χ3v) is 6.07. The SMILES string of the molecule is C[S+]([O-])c1ccc(Oc2ccc(Nc3cnccn3)cc2CC2CCOCC2)cc1. The number of benzene rings is 2. The van der Waals surface area contributed by atoms with Gasteiger partial charge in [-0.25, -0.2) is 4.98 Å². The summed E-state index contributed by atoms with van der Waals surface area (Å²) >= 11 is -1.00. The van der Waals surface area contributed by atoms with Crippen molar-refractivity contribution in [2.45, 2.75) is 24.2 Å². The lowest BCUT2D eigenvalue weighted by Crippen LogP contribution is -2.17. The van der Waals surface area contributed by atoms with Gasteiger partial charge in [-0.15, -0.1) is 0 Å². The lowest BCUT2D eigenvalue weighted by atomic mass is 9.92. The number of ether oxygens (including phenoxy) is 2. The topological polar surface area (TPSA) is 79.3 Å². The lowest BCUT2D eigenvalue weighted by Gasteiger charge is -2.23. The van der Waals surface area contributed by atoms with Gasteiger partial charge in [-0.1, -0.05) is 0 Å². The van der Waals surface area contributed by atoms with Crippen molar-refractivity contribution in [1.82, 2.24) is 9.97 Å². The maximum absolute atomic E-state index is 11.6. The van der Waals surface area contributed by atoms with E-state index in [-0.39, 0.29) is 0 Å². The van der Waals surface area contributed by atoms with E-state index in [1.54, 1.807) is 24.8 Å². The maximum atomic E-state index is 11.6. The molecule has 30 heavy (non-hydrogen) atoms. The van der Waals surface area contributed by atoms with Crippen LogP contribution in [-0.4, -0.2) is 34.0 Å². The molecule has 1 aliphatic rings. The summed E-state index contributed by atoms with van der Waals surface area (Å²) in [7, 11) is 0. The molecule has 1 aliphatic heterocycles. The molecule has 1 aromatic heterocycles. The summed E-state index contributed by atoms with van der Waals surface area (Å²) < 4.78 is 23.3. The zero-order valence-electron chi connectivity index (χ0n) is 16.9. The molecule has 1 N–H and O–H groups in total. The Bertz CT molecular complexity index is 946. The van der Waals surface area contributed by atoms with Crippen LogP contribution in [0, 0.1) is 5.92 Å². The number of rotatable bonds is 7. The second-order valence-electron chi connectivity index (χ2n) is 7.33. The third-order valence-electron chi connectivity index (χ3n) is 5.13. The highest BCUT2D eigenvalue weighted by molar-refractivity contribution is 7.90. The van der Waals surface area contributed by atoms with Crippen molar-refractivity contribution < 1.29 is 14.0 Å². The van der Waals surface area contributed by atoms with Crippen LogP contribution in [0.15, 0.2) is 66.0 Å². The molecule has 2 aromatic carbocycles. The van der Waals surface area contributed by atoms with Gasteiger partial charge in [0.15, 0.2) is 4.90 Å². The van der Waals surface area contributed by atoms with E-state index in [1.807, 2.05) is 36.4 Å². The van der Waals surface area contributed by atoms with Gasteiger partial charge >= 0.3 is 0 Å². The normalized spacial score (nSPS) is 15.5. The number of nitrogens with zero attached hydrogens (tertiary/aromatic N) is 2. The van der Waals surface area contributed by atoms with Crippen molar-refractivity contribution in [2.75, 3.05) is 24.8 Å². The van der Waals surface area contributed by atoms with Gasteiger partial charge < -0.3 is 19.3 Å². The maximum Gasteiger partial charge on any atom is 0.152 e. The fraction of sp³-hybridized carbons (Fsp3) is 0.304. The van der Waals surface area contributed by atoms with E-state index in [0.29, 0.717) is 11.7 Å².